The Hall–Kier alpha value is -2.21. The highest BCUT2D eigenvalue weighted by Gasteiger charge is 2.25. The van der Waals surface area contributed by atoms with Crippen LogP contribution in [-0.4, -0.2) is 23.6 Å². The topological polar surface area (TPSA) is 57.5 Å². The van der Waals surface area contributed by atoms with E-state index in [0.717, 1.165) is 0 Å². The summed E-state index contributed by atoms with van der Waals surface area (Å²) < 4.78 is 12.0. The SMILES string of the molecule is COc1ccc2c(c1)c(OC(C)=O)c(C)n2C(=O)c1c(Cl)cc(Cl)cc1Cl. The van der Waals surface area contributed by atoms with Crippen LogP contribution in [0.5, 0.6) is 11.5 Å². The third kappa shape index (κ3) is 3.50. The van der Waals surface area contributed by atoms with E-state index in [2.05, 4.69) is 0 Å². The molecule has 3 aromatic rings. The van der Waals surface area contributed by atoms with Crippen molar-refractivity contribution >= 4 is 57.6 Å². The number of benzene rings is 2. The Morgan fingerprint density at radius 2 is 1.67 bits per heavy atom. The fourth-order valence-corrected chi connectivity index (χ4v) is 3.87. The number of aromatic nitrogens is 1. The summed E-state index contributed by atoms with van der Waals surface area (Å²) in [5.74, 6) is -0.142. The van der Waals surface area contributed by atoms with Crippen LogP contribution in [0.25, 0.3) is 10.9 Å². The van der Waals surface area contributed by atoms with Gasteiger partial charge in [-0.15, -0.1) is 0 Å². The number of methoxy groups -OCH3 is 1. The van der Waals surface area contributed by atoms with Gasteiger partial charge in [-0.05, 0) is 37.3 Å². The number of fused-ring (bicyclic) bond motifs is 1. The molecule has 0 N–H and O–H groups in total. The summed E-state index contributed by atoms with van der Waals surface area (Å²) >= 11 is 18.4. The zero-order valence-corrected chi connectivity index (χ0v) is 16.9. The lowest BCUT2D eigenvalue weighted by molar-refractivity contribution is -0.131. The molecule has 0 spiro atoms. The number of hydrogen-bond acceptors (Lipinski definition) is 4. The summed E-state index contributed by atoms with van der Waals surface area (Å²) in [6.07, 6.45) is 0. The zero-order chi connectivity index (χ0) is 19.9. The summed E-state index contributed by atoms with van der Waals surface area (Å²) in [6, 6.07) is 7.98. The predicted octanol–water partition coefficient (Wildman–Crippen LogP) is 5.53. The Morgan fingerprint density at radius 1 is 1.04 bits per heavy atom. The molecule has 0 aliphatic heterocycles. The quantitative estimate of drug-likeness (QED) is 0.517. The molecule has 140 valence electrons. The number of esters is 1. The van der Waals surface area contributed by atoms with Gasteiger partial charge in [-0.25, -0.2) is 0 Å². The highest BCUT2D eigenvalue weighted by atomic mass is 35.5. The third-order valence-electron chi connectivity index (χ3n) is 4.02. The molecule has 0 fully saturated rings. The lowest BCUT2D eigenvalue weighted by Gasteiger charge is -2.11. The summed E-state index contributed by atoms with van der Waals surface area (Å²) in [5.41, 5.74) is 1.06. The van der Waals surface area contributed by atoms with Crippen molar-refractivity contribution in [2.75, 3.05) is 7.11 Å². The van der Waals surface area contributed by atoms with Crippen LogP contribution in [0.4, 0.5) is 0 Å². The highest BCUT2D eigenvalue weighted by molar-refractivity contribution is 6.42. The third-order valence-corrected chi connectivity index (χ3v) is 4.84. The number of ether oxygens (including phenoxy) is 2. The van der Waals surface area contributed by atoms with E-state index in [1.54, 1.807) is 25.1 Å². The first-order chi connectivity index (χ1) is 12.7. The maximum Gasteiger partial charge on any atom is 0.308 e. The molecule has 8 heteroatoms. The van der Waals surface area contributed by atoms with Crippen LogP contribution >= 0.6 is 34.8 Å². The summed E-state index contributed by atoms with van der Waals surface area (Å²) in [5, 5.41) is 1.13. The predicted molar refractivity (Wildman–Crippen MR) is 106 cm³/mol. The van der Waals surface area contributed by atoms with E-state index in [-0.39, 0.29) is 21.4 Å². The molecule has 2 aromatic carbocycles. The smallest absolute Gasteiger partial charge is 0.308 e. The monoisotopic (exact) mass is 425 g/mol. The van der Waals surface area contributed by atoms with Crippen molar-refractivity contribution in [1.29, 1.82) is 0 Å². The summed E-state index contributed by atoms with van der Waals surface area (Å²) in [4.78, 5) is 24.8. The van der Waals surface area contributed by atoms with E-state index in [1.165, 1.54) is 30.7 Å². The van der Waals surface area contributed by atoms with Gasteiger partial charge in [0.1, 0.15) is 5.75 Å². The van der Waals surface area contributed by atoms with Crippen LogP contribution in [0.3, 0.4) is 0 Å². The lowest BCUT2D eigenvalue weighted by Crippen LogP contribution is -2.15. The van der Waals surface area contributed by atoms with Crippen LogP contribution in [0.1, 0.15) is 23.0 Å². The molecule has 5 nitrogen and oxygen atoms in total. The van der Waals surface area contributed by atoms with Crippen LogP contribution in [0.15, 0.2) is 30.3 Å². The Balaban J connectivity index is 2.30. The molecule has 1 heterocycles. The van der Waals surface area contributed by atoms with Gasteiger partial charge in [0.05, 0.1) is 33.9 Å². The van der Waals surface area contributed by atoms with Crippen molar-refractivity contribution in [3.05, 3.63) is 56.7 Å². The molecular formula is C19H14Cl3NO4. The maximum absolute atomic E-state index is 13.3. The van der Waals surface area contributed by atoms with E-state index >= 15 is 0 Å². The number of hydrogen-bond donors (Lipinski definition) is 0. The number of nitrogens with zero attached hydrogens (tertiary/aromatic N) is 1. The standard InChI is InChI=1S/C19H14Cl3NO4/c1-9-18(27-10(2)24)13-8-12(26-3)4-5-16(13)23(9)19(25)17-14(21)6-11(20)7-15(17)22/h4-8H,1-3H3. The number of carbonyl (C=O) groups excluding carboxylic acids is 2. The molecule has 27 heavy (non-hydrogen) atoms. The molecular weight excluding hydrogens is 413 g/mol. The van der Waals surface area contributed by atoms with E-state index < -0.39 is 11.9 Å². The fourth-order valence-electron chi connectivity index (χ4n) is 2.89. The molecule has 0 saturated carbocycles. The Kier molecular flexibility index (Phi) is 5.38. The second kappa shape index (κ2) is 7.43. The second-order valence-corrected chi connectivity index (χ2v) is 7.03. The van der Waals surface area contributed by atoms with Gasteiger partial charge in [0.15, 0.2) is 5.75 Å². The molecule has 3 rings (SSSR count). The van der Waals surface area contributed by atoms with Gasteiger partial charge < -0.3 is 9.47 Å². The molecule has 0 bridgehead atoms. The highest BCUT2D eigenvalue weighted by Crippen LogP contribution is 2.38. The minimum atomic E-state index is -0.505. The van der Waals surface area contributed by atoms with Crippen LogP contribution in [0, 0.1) is 6.92 Å². The molecule has 0 saturated heterocycles. The number of rotatable bonds is 3. The first-order valence-corrected chi connectivity index (χ1v) is 8.94. The Bertz CT molecular complexity index is 1070. The molecule has 0 atom stereocenters. The van der Waals surface area contributed by atoms with E-state index in [1.807, 2.05) is 0 Å². The van der Waals surface area contributed by atoms with Crippen molar-refractivity contribution in [3.8, 4) is 11.5 Å². The molecule has 0 unspecified atom stereocenters. The second-order valence-electron chi connectivity index (χ2n) is 5.78. The van der Waals surface area contributed by atoms with Gasteiger partial charge >= 0.3 is 5.97 Å². The van der Waals surface area contributed by atoms with Crippen LogP contribution in [-0.2, 0) is 4.79 Å². The van der Waals surface area contributed by atoms with Gasteiger partial charge in [0, 0.05) is 17.3 Å². The van der Waals surface area contributed by atoms with E-state index in [4.69, 9.17) is 44.3 Å². The Labute approximate surface area is 170 Å². The van der Waals surface area contributed by atoms with Crippen molar-refractivity contribution in [2.24, 2.45) is 0 Å². The van der Waals surface area contributed by atoms with Crippen molar-refractivity contribution in [1.82, 2.24) is 4.57 Å². The first-order valence-electron chi connectivity index (χ1n) is 7.81. The zero-order valence-electron chi connectivity index (χ0n) is 14.6. The van der Waals surface area contributed by atoms with E-state index in [0.29, 0.717) is 27.4 Å². The Morgan fingerprint density at radius 3 is 2.22 bits per heavy atom. The molecule has 0 aliphatic rings. The molecule has 0 radical (unpaired) electrons. The van der Waals surface area contributed by atoms with E-state index in [9.17, 15) is 9.59 Å². The normalized spacial score (nSPS) is 10.9. The van der Waals surface area contributed by atoms with Crippen molar-refractivity contribution < 1.29 is 19.1 Å². The fraction of sp³-hybridized carbons (Fsp3) is 0.158. The summed E-state index contributed by atoms with van der Waals surface area (Å²) in [6.45, 7) is 2.96. The average molecular weight is 427 g/mol. The van der Waals surface area contributed by atoms with Gasteiger partial charge in [-0.2, -0.15) is 0 Å². The van der Waals surface area contributed by atoms with Crippen molar-refractivity contribution in [3.63, 3.8) is 0 Å². The first kappa shape index (κ1) is 19.5. The number of halogens is 3. The number of carbonyl (C=O) groups is 2. The lowest BCUT2D eigenvalue weighted by atomic mass is 10.2. The van der Waals surface area contributed by atoms with Gasteiger partial charge in [0.25, 0.3) is 5.91 Å². The minimum absolute atomic E-state index is 0.105. The van der Waals surface area contributed by atoms with Crippen LogP contribution < -0.4 is 9.47 Å². The average Bonchev–Trinajstić information content (AvgIpc) is 2.84. The maximum atomic E-state index is 13.3. The minimum Gasteiger partial charge on any atom is -0.497 e. The van der Waals surface area contributed by atoms with Gasteiger partial charge in [-0.1, -0.05) is 34.8 Å². The molecule has 1 aromatic heterocycles. The summed E-state index contributed by atoms with van der Waals surface area (Å²) in [7, 11) is 1.52. The molecule has 0 aliphatic carbocycles. The van der Waals surface area contributed by atoms with Gasteiger partial charge in [-0.3, -0.25) is 14.2 Å². The van der Waals surface area contributed by atoms with Gasteiger partial charge in [0.2, 0.25) is 0 Å². The van der Waals surface area contributed by atoms with Crippen molar-refractivity contribution in [2.45, 2.75) is 13.8 Å². The van der Waals surface area contributed by atoms with Crippen LogP contribution in [0.2, 0.25) is 15.1 Å². The molecule has 0 amide bonds. The largest absolute Gasteiger partial charge is 0.497 e.